The zero-order chi connectivity index (χ0) is 16.0. The van der Waals surface area contributed by atoms with Crippen LogP contribution in [0.5, 0.6) is 0 Å². The fraction of sp³-hybridized carbons (Fsp3) is 0.875. The molecule has 2 amide bonds. The predicted molar refractivity (Wildman–Crippen MR) is 83.2 cm³/mol. The summed E-state index contributed by atoms with van der Waals surface area (Å²) in [6.45, 7) is 7.07. The lowest BCUT2D eigenvalue weighted by Gasteiger charge is -2.38. The first kappa shape index (κ1) is 17.8. The molecule has 1 unspecified atom stereocenters. The van der Waals surface area contributed by atoms with Crippen molar-refractivity contribution >= 4 is 12.0 Å². The van der Waals surface area contributed by atoms with Gasteiger partial charge in [-0.05, 0) is 43.4 Å². The van der Waals surface area contributed by atoms with Gasteiger partial charge in [-0.25, -0.2) is 4.79 Å². The molecule has 0 aromatic heterocycles. The van der Waals surface area contributed by atoms with Gasteiger partial charge in [-0.2, -0.15) is 0 Å². The van der Waals surface area contributed by atoms with Crippen LogP contribution in [0.25, 0.3) is 0 Å². The summed E-state index contributed by atoms with van der Waals surface area (Å²) in [6, 6.07) is 0.286. The van der Waals surface area contributed by atoms with Crippen LogP contribution in [-0.4, -0.2) is 41.6 Å². The smallest absolute Gasteiger partial charge is 0.317 e. The normalized spacial score (nSPS) is 19.8. The van der Waals surface area contributed by atoms with Gasteiger partial charge < -0.3 is 15.3 Å². The minimum atomic E-state index is -0.782. The molecule has 21 heavy (non-hydrogen) atoms. The molecule has 0 heterocycles. The van der Waals surface area contributed by atoms with Crippen molar-refractivity contribution in [1.82, 2.24) is 10.2 Å². The van der Waals surface area contributed by atoms with Crippen molar-refractivity contribution < 1.29 is 14.7 Å². The number of hydrogen-bond acceptors (Lipinski definition) is 2. The SMILES string of the molecule is CC(CCC(=O)O)CNC(=O)N(C)C1CCC(C)(C)CC1. The van der Waals surface area contributed by atoms with Crippen molar-refractivity contribution in [3.05, 3.63) is 0 Å². The third-order valence-corrected chi connectivity index (χ3v) is 4.63. The largest absolute Gasteiger partial charge is 0.481 e. The van der Waals surface area contributed by atoms with Crippen LogP contribution in [0.15, 0.2) is 0 Å². The van der Waals surface area contributed by atoms with Crippen molar-refractivity contribution in [2.45, 2.75) is 65.3 Å². The van der Waals surface area contributed by atoms with E-state index in [2.05, 4.69) is 19.2 Å². The van der Waals surface area contributed by atoms with E-state index in [9.17, 15) is 9.59 Å². The molecule has 1 fully saturated rings. The summed E-state index contributed by atoms with van der Waals surface area (Å²) in [5, 5.41) is 11.6. The van der Waals surface area contributed by atoms with Gasteiger partial charge in [-0.1, -0.05) is 20.8 Å². The Labute approximate surface area is 128 Å². The van der Waals surface area contributed by atoms with Crippen LogP contribution in [0.2, 0.25) is 0 Å². The number of hydrogen-bond donors (Lipinski definition) is 2. The standard InChI is InChI=1S/C16H30N2O3/c1-12(5-6-14(19)20)11-17-15(21)18(4)13-7-9-16(2,3)10-8-13/h12-13H,5-11H2,1-4H3,(H,17,21)(H,19,20). The molecule has 0 saturated heterocycles. The molecule has 0 radical (unpaired) electrons. The molecule has 1 aliphatic carbocycles. The van der Waals surface area contributed by atoms with Crippen LogP contribution in [0.3, 0.4) is 0 Å². The fourth-order valence-electron chi connectivity index (χ4n) is 2.80. The van der Waals surface area contributed by atoms with E-state index in [-0.39, 0.29) is 18.4 Å². The maximum atomic E-state index is 12.1. The van der Waals surface area contributed by atoms with E-state index in [0.717, 1.165) is 25.7 Å². The van der Waals surface area contributed by atoms with Gasteiger partial charge in [-0.3, -0.25) is 4.79 Å². The number of nitrogens with one attached hydrogen (secondary N) is 1. The highest BCUT2D eigenvalue weighted by atomic mass is 16.4. The van der Waals surface area contributed by atoms with Gasteiger partial charge in [-0.15, -0.1) is 0 Å². The molecule has 1 rings (SSSR count). The number of nitrogens with zero attached hydrogens (tertiary/aromatic N) is 1. The highest BCUT2D eigenvalue weighted by Gasteiger charge is 2.30. The maximum Gasteiger partial charge on any atom is 0.317 e. The number of carbonyl (C=O) groups is 2. The van der Waals surface area contributed by atoms with Crippen LogP contribution < -0.4 is 5.32 Å². The summed E-state index contributed by atoms with van der Waals surface area (Å²) in [4.78, 5) is 24.5. The number of amides is 2. The molecular weight excluding hydrogens is 268 g/mol. The van der Waals surface area contributed by atoms with Gasteiger partial charge in [0.15, 0.2) is 0 Å². The van der Waals surface area contributed by atoms with Crippen molar-refractivity contribution in [3.63, 3.8) is 0 Å². The summed E-state index contributed by atoms with van der Waals surface area (Å²) >= 11 is 0. The van der Waals surface area contributed by atoms with Gasteiger partial charge in [0.25, 0.3) is 0 Å². The van der Waals surface area contributed by atoms with E-state index in [1.54, 1.807) is 0 Å². The van der Waals surface area contributed by atoms with E-state index < -0.39 is 5.97 Å². The molecule has 1 aliphatic rings. The lowest BCUT2D eigenvalue weighted by Crippen LogP contribution is -2.46. The predicted octanol–water partition coefficient (Wildman–Crippen LogP) is 3.10. The number of carbonyl (C=O) groups excluding carboxylic acids is 1. The molecule has 0 aliphatic heterocycles. The number of carboxylic acid groups (broad SMARTS) is 1. The van der Waals surface area contributed by atoms with E-state index in [1.807, 2.05) is 18.9 Å². The number of rotatable bonds is 6. The minimum absolute atomic E-state index is 0.0399. The Morgan fingerprint density at radius 1 is 1.33 bits per heavy atom. The Balaban J connectivity index is 2.30. The molecule has 0 spiro atoms. The first-order valence-corrected chi connectivity index (χ1v) is 7.94. The topological polar surface area (TPSA) is 69.6 Å². The van der Waals surface area contributed by atoms with E-state index in [0.29, 0.717) is 24.4 Å². The van der Waals surface area contributed by atoms with Crippen molar-refractivity contribution in [2.75, 3.05) is 13.6 Å². The third kappa shape index (κ3) is 6.36. The summed E-state index contributed by atoms with van der Waals surface area (Å²) < 4.78 is 0. The zero-order valence-electron chi connectivity index (χ0n) is 13.8. The van der Waals surface area contributed by atoms with Crippen LogP contribution in [0.4, 0.5) is 4.79 Å². The molecule has 5 nitrogen and oxygen atoms in total. The van der Waals surface area contributed by atoms with Gasteiger partial charge in [0.2, 0.25) is 0 Å². The third-order valence-electron chi connectivity index (χ3n) is 4.63. The second-order valence-corrected chi connectivity index (χ2v) is 7.23. The van der Waals surface area contributed by atoms with Crippen LogP contribution in [0, 0.1) is 11.3 Å². The Bertz CT molecular complexity index is 359. The zero-order valence-corrected chi connectivity index (χ0v) is 13.8. The Kier molecular flexibility index (Phi) is 6.49. The van der Waals surface area contributed by atoms with E-state index in [4.69, 9.17) is 5.11 Å². The average Bonchev–Trinajstić information content (AvgIpc) is 2.41. The van der Waals surface area contributed by atoms with Gasteiger partial charge in [0, 0.05) is 26.1 Å². The number of carboxylic acids is 1. The molecular formula is C16H30N2O3. The van der Waals surface area contributed by atoms with Crippen molar-refractivity contribution in [1.29, 1.82) is 0 Å². The van der Waals surface area contributed by atoms with Crippen LogP contribution >= 0.6 is 0 Å². The second kappa shape index (κ2) is 7.66. The monoisotopic (exact) mass is 298 g/mol. The quantitative estimate of drug-likeness (QED) is 0.791. The lowest BCUT2D eigenvalue weighted by molar-refractivity contribution is -0.137. The minimum Gasteiger partial charge on any atom is -0.481 e. The van der Waals surface area contributed by atoms with Crippen LogP contribution in [0.1, 0.15) is 59.3 Å². The molecule has 1 saturated carbocycles. The van der Waals surface area contributed by atoms with Crippen molar-refractivity contribution in [3.8, 4) is 0 Å². The second-order valence-electron chi connectivity index (χ2n) is 7.23. The van der Waals surface area contributed by atoms with E-state index >= 15 is 0 Å². The maximum absolute atomic E-state index is 12.1. The van der Waals surface area contributed by atoms with Crippen LogP contribution in [-0.2, 0) is 4.79 Å². The Morgan fingerprint density at radius 2 is 1.90 bits per heavy atom. The molecule has 0 bridgehead atoms. The fourth-order valence-corrected chi connectivity index (χ4v) is 2.80. The highest BCUT2D eigenvalue weighted by Crippen LogP contribution is 2.36. The summed E-state index contributed by atoms with van der Waals surface area (Å²) in [6.07, 6.45) is 5.19. The summed E-state index contributed by atoms with van der Waals surface area (Å²) in [5.74, 6) is -0.598. The molecule has 2 N–H and O–H groups in total. The van der Waals surface area contributed by atoms with Gasteiger partial charge in [0.1, 0.15) is 0 Å². The number of urea groups is 1. The first-order chi connectivity index (χ1) is 9.71. The van der Waals surface area contributed by atoms with Gasteiger partial charge >= 0.3 is 12.0 Å². The molecule has 5 heteroatoms. The summed E-state index contributed by atoms with van der Waals surface area (Å²) in [7, 11) is 1.86. The lowest BCUT2D eigenvalue weighted by atomic mass is 9.75. The summed E-state index contributed by atoms with van der Waals surface area (Å²) in [5.41, 5.74) is 0.402. The average molecular weight is 298 g/mol. The Hall–Kier alpha value is -1.26. The Morgan fingerprint density at radius 3 is 2.43 bits per heavy atom. The number of aliphatic carboxylic acids is 1. The van der Waals surface area contributed by atoms with Crippen molar-refractivity contribution in [2.24, 2.45) is 11.3 Å². The molecule has 0 aromatic rings. The molecule has 0 aromatic carbocycles. The first-order valence-electron chi connectivity index (χ1n) is 7.94. The van der Waals surface area contributed by atoms with Gasteiger partial charge in [0.05, 0.1) is 0 Å². The molecule has 1 atom stereocenters. The highest BCUT2D eigenvalue weighted by molar-refractivity contribution is 5.74. The van der Waals surface area contributed by atoms with E-state index in [1.165, 1.54) is 0 Å². The molecule has 122 valence electrons.